The number of methoxy groups -OCH3 is 1. The Labute approximate surface area is 86.2 Å². The molecular formula is C11H19NO2. The summed E-state index contributed by atoms with van der Waals surface area (Å²) in [6, 6.07) is 0.126. The smallest absolute Gasteiger partial charge is 0.309 e. The van der Waals surface area contributed by atoms with E-state index in [9.17, 15) is 4.79 Å². The zero-order valence-electron chi connectivity index (χ0n) is 9.39. The van der Waals surface area contributed by atoms with Crippen LogP contribution in [-0.2, 0) is 9.53 Å². The monoisotopic (exact) mass is 197 g/mol. The number of carbonyl (C=O) groups excluding carboxylic acids is 1. The van der Waals surface area contributed by atoms with Crippen LogP contribution in [-0.4, -0.2) is 25.7 Å². The van der Waals surface area contributed by atoms with Gasteiger partial charge in [-0.15, -0.1) is 11.8 Å². The molecule has 0 aliphatic heterocycles. The van der Waals surface area contributed by atoms with Gasteiger partial charge >= 0.3 is 5.97 Å². The largest absolute Gasteiger partial charge is 0.469 e. The van der Waals surface area contributed by atoms with Crippen LogP contribution in [0.25, 0.3) is 0 Å². The van der Waals surface area contributed by atoms with E-state index in [1.165, 1.54) is 7.11 Å². The second kappa shape index (κ2) is 7.40. The fraction of sp³-hybridized carbons (Fsp3) is 0.727. The first kappa shape index (κ1) is 13.0. The van der Waals surface area contributed by atoms with Gasteiger partial charge in [0, 0.05) is 19.0 Å². The van der Waals surface area contributed by atoms with Gasteiger partial charge < -0.3 is 10.1 Å². The lowest BCUT2D eigenvalue weighted by Crippen LogP contribution is -2.37. The lowest BCUT2D eigenvalue weighted by molar-refractivity contribution is -0.145. The quantitative estimate of drug-likeness (QED) is 0.409. The molecule has 0 bridgehead atoms. The summed E-state index contributed by atoms with van der Waals surface area (Å²) in [7, 11) is 1.41. The van der Waals surface area contributed by atoms with E-state index in [-0.39, 0.29) is 17.9 Å². The van der Waals surface area contributed by atoms with Gasteiger partial charge in [0.2, 0.25) is 0 Å². The Morgan fingerprint density at radius 3 is 2.64 bits per heavy atom. The minimum absolute atomic E-state index is 0.116. The molecule has 0 saturated heterocycles. The van der Waals surface area contributed by atoms with Crippen molar-refractivity contribution < 1.29 is 9.53 Å². The molecule has 3 nitrogen and oxygen atoms in total. The van der Waals surface area contributed by atoms with Crippen molar-refractivity contribution in [2.45, 2.75) is 33.2 Å². The molecule has 0 radical (unpaired) electrons. The minimum Gasteiger partial charge on any atom is -0.469 e. The molecule has 0 heterocycles. The molecule has 0 aliphatic carbocycles. The second-order valence-corrected chi connectivity index (χ2v) is 3.23. The summed E-state index contributed by atoms with van der Waals surface area (Å²) in [5.74, 6) is 5.49. The minimum atomic E-state index is -0.174. The highest BCUT2D eigenvalue weighted by atomic mass is 16.5. The van der Waals surface area contributed by atoms with E-state index in [1.807, 2.05) is 20.8 Å². The van der Waals surface area contributed by atoms with Gasteiger partial charge in [0.05, 0.1) is 13.0 Å². The zero-order valence-corrected chi connectivity index (χ0v) is 9.39. The molecule has 0 aromatic heterocycles. The topological polar surface area (TPSA) is 38.3 Å². The van der Waals surface area contributed by atoms with Crippen molar-refractivity contribution in [3.63, 3.8) is 0 Å². The summed E-state index contributed by atoms with van der Waals surface area (Å²) in [6.07, 6.45) is 0.814. The highest BCUT2D eigenvalue weighted by molar-refractivity contribution is 5.72. The third-order valence-corrected chi connectivity index (χ3v) is 2.22. The molecule has 0 aliphatic rings. The number of rotatable bonds is 5. The summed E-state index contributed by atoms with van der Waals surface area (Å²) in [4.78, 5) is 11.2. The molecule has 14 heavy (non-hydrogen) atoms. The summed E-state index contributed by atoms with van der Waals surface area (Å²) < 4.78 is 4.65. The molecule has 80 valence electrons. The number of carbonyl (C=O) groups is 1. The Morgan fingerprint density at radius 2 is 2.14 bits per heavy atom. The first-order chi connectivity index (χ1) is 6.63. The van der Waals surface area contributed by atoms with E-state index >= 15 is 0 Å². The molecule has 0 amide bonds. The Morgan fingerprint density at radius 1 is 1.50 bits per heavy atom. The van der Waals surface area contributed by atoms with Crippen LogP contribution < -0.4 is 5.32 Å². The molecule has 2 atom stereocenters. The molecule has 2 unspecified atom stereocenters. The summed E-state index contributed by atoms with van der Waals surface area (Å²) in [6.45, 7) is 6.46. The van der Waals surface area contributed by atoms with Gasteiger partial charge in [0.25, 0.3) is 0 Å². The Kier molecular flexibility index (Phi) is 6.87. The van der Waals surface area contributed by atoms with Crippen LogP contribution in [0, 0.1) is 17.8 Å². The lowest BCUT2D eigenvalue weighted by Gasteiger charge is -2.18. The maximum atomic E-state index is 11.2. The van der Waals surface area contributed by atoms with Crippen molar-refractivity contribution in [1.29, 1.82) is 0 Å². The summed E-state index contributed by atoms with van der Waals surface area (Å²) >= 11 is 0. The van der Waals surface area contributed by atoms with Gasteiger partial charge in [-0.1, -0.05) is 6.92 Å². The third kappa shape index (κ3) is 4.88. The summed E-state index contributed by atoms with van der Waals surface area (Å²) in [5, 5.41) is 3.23. The van der Waals surface area contributed by atoms with Gasteiger partial charge in [-0.25, -0.2) is 0 Å². The highest BCUT2D eigenvalue weighted by Crippen LogP contribution is 2.04. The van der Waals surface area contributed by atoms with Crippen LogP contribution in [0.2, 0.25) is 0 Å². The molecule has 0 spiro atoms. The Hall–Kier alpha value is -1.01. The van der Waals surface area contributed by atoms with Crippen molar-refractivity contribution in [2.24, 2.45) is 5.92 Å². The molecule has 0 aromatic rings. The lowest BCUT2D eigenvalue weighted by atomic mass is 10.0. The Bertz CT molecular complexity index is 227. The first-order valence-corrected chi connectivity index (χ1v) is 4.84. The van der Waals surface area contributed by atoms with Crippen LogP contribution in [0.3, 0.4) is 0 Å². The first-order valence-electron chi connectivity index (χ1n) is 4.84. The van der Waals surface area contributed by atoms with Crippen LogP contribution >= 0.6 is 0 Å². The predicted octanol–water partition coefficient (Wildman–Crippen LogP) is 1.19. The predicted molar refractivity (Wildman–Crippen MR) is 56.7 cm³/mol. The fourth-order valence-corrected chi connectivity index (χ4v) is 1.05. The van der Waals surface area contributed by atoms with Gasteiger partial charge in [-0.05, 0) is 13.8 Å². The van der Waals surface area contributed by atoms with Gasteiger partial charge in [0.15, 0.2) is 0 Å². The van der Waals surface area contributed by atoms with E-state index in [2.05, 4.69) is 21.9 Å². The highest BCUT2D eigenvalue weighted by Gasteiger charge is 2.19. The zero-order chi connectivity index (χ0) is 11.0. The Balaban J connectivity index is 3.75. The van der Waals surface area contributed by atoms with Crippen molar-refractivity contribution in [3.05, 3.63) is 0 Å². The molecule has 0 saturated carbocycles. The van der Waals surface area contributed by atoms with E-state index in [0.717, 1.165) is 13.0 Å². The maximum absolute atomic E-state index is 11.2. The number of esters is 1. The standard InChI is InChI=1S/C11H19NO2/c1-5-6-7-8-12-10(3)9(2)11(13)14-4/h9-10,12H,7-8H2,1-4H3. The average Bonchev–Trinajstić information content (AvgIpc) is 2.21. The maximum Gasteiger partial charge on any atom is 0.309 e. The number of hydrogen-bond acceptors (Lipinski definition) is 3. The van der Waals surface area contributed by atoms with Crippen LogP contribution in [0.15, 0.2) is 0 Å². The van der Waals surface area contributed by atoms with Crippen molar-refractivity contribution in [1.82, 2.24) is 5.32 Å². The van der Waals surface area contributed by atoms with E-state index < -0.39 is 0 Å². The third-order valence-electron chi connectivity index (χ3n) is 2.22. The SMILES string of the molecule is CC#CCCNC(C)C(C)C(=O)OC. The normalized spacial score (nSPS) is 13.7. The van der Waals surface area contributed by atoms with Crippen LogP contribution in [0.4, 0.5) is 0 Å². The molecule has 1 N–H and O–H groups in total. The number of ether oxygens (including phenoxy) is 1. The number of nitrogens with one attached hydrogen (secondary N) is 1. The average molecular weight is 197 g/mol. The second-order valence-electron chi connectivity index (χ2n) is 3.23. The molecule has 3 heteroatoms. The van der Waals surface area contributed by atoms with Gasteiger partial charge in [0.1, 0.15) is 0 Å². The van der Waals surface area contributed by atoms with Gasteiger partial charge in [-0.2, -0.15) is 0 Å². The van der Waals surface area contributed by atoms with Crippen LogP contribution in [0.5, 0.6) is 0 Å². The van der Waals surface area contributed by atoms with Crippen molar-refractivity contribution in [3.8, 4) is 11.8 Å². The van der Waals surface area contributed by atoms with E-state index in [1.54, 1.807) is 0 Å². The van der Waals surface area contributed by atoms with E-state index in [4.69, 9.17) is 0 Å². The number of hydrogen-bond donors (Lipinski definition) is 1. The van der Waals surface area contributed by atoms with E-state index in [0.29, 0.717) is 0 Å². The van der Waals surface area contributed by atoms with Gasteiger partial charge in [-0.3, -0.25) is 4.79 Å². The molecule has 0 rings (SSSR count). The van der Waals surface area contributed by atoms with Crippen molar-refractivity contribution >= 4 is 5.97 Å². The van der Waals surface area contributed by atoms with Crippen LogP contribution in [0.1, 0.15) is 27.2 Å². The fourth-order valence-electron chi connectivity index (χ4n) is 1.05. The molecular weight excluding hydrogens is 178 g/mol. The summed E-state index contributed by atoms with van der Waals surface area (Å²) in [5.41, 5.74) is 0. The molecule has 0 aromatic carbocycles. The van der Waals surface area contributed by atoms with Crippen molar-refractivity contribution in [2.75, 3.05) is 13.7 Å². The molecule has 0 fully saturated rings.